The Bertz CT molecular complexity index is 204. The van der Waals surface area contributed by atoms with Crippen LogP contribution < -0.4 is 0 Å². The lowest BCUT2D eigenvalue weighted by atomic mass is 10.9. The maximum absolute atomic E-state index is 11.0. The molecule has 0 heterocycles. The van der Waals surface area contributed by atoms with E-state index in [0.29, 0.717) is 0 Å². The van der Waals surface area contributed by atoms with Crippen LogP contribution in [0.2, 0.25) is 31.2 Å². The van der Waals surface area contributed by atoms with Crippen LogP contribution in [0.25, 0.3) is 0 Å². The van der Waals surface area contributed by atoms with Gasteiger partial charge in [0.1, 0.15) is 0 Å². The number of rotatable bonds is 6. The first-order valence-electron chi connectivity index (χ1n) is 5.70. The maximum atomic E-state index is 11.0. The lowest BCUT2D eigenvalue weighted by molar-refractivity contribution is -0.133. The van der Waals surface area contributed by atoms with Crippen LogP contribution in [0.15, 0.2) is 0 Å². The molecule has 0 saturated carbocycles. The Morgan fingerprint density at radius 2 is 1.47 bits per heavy atom. The van der Waals surface area contributed by atoms with Gasteiger partial charge in [-0.3, -0.25) is 4.79 Å². The Labute approximate surface area is 95.5 Å². The molecule has 0 rings (SSSR count). The molecule has 0 unspecified atom stereocenters. The Kier molecular flexibility index (Phi) is 5.76. The van der Waals surface area contributed by atoms with Gasteiger partial charge < -0.3 is 8.54 Å². The molecule has 0 aliphatic rings. The van der Waals surface area contributed by atoms with Gasteiger partial charge in [-0.1, -0.05) is 20.8 Å². The van der Waals surface area contributed by atoms with Crippen LogP contribution in [-0.2, 0) is 13.3 Å². The molecular weight excluding hydrogens is 224 g/mol. The molecule has 0 radical (unpaired) electrons. The summed E-state index contributed by atoms with van der Waals surface area (Å²) >= 11 is 0. The van der Waals surface area contributed by atoms with Crippen molar-refractivity contribution >= 4 is 22.8 Å². The van der Waals surface area contributed by atoms with Crippen LogP contribution >= 0.6 is 0 Å². The van der Waals surface area contributed by atoms with E-state index in [9.17, 15) is 4.79 Å². The molecule has 0 amide bonds. The average Bonchev–Trinajstić information content (AvgIpc) is 2.12. The summed E-state index contributed by atoms with van der Waals surface area (Å²) in [4.78, 5) is 11.0. The van der Waals surface area contributed by atoms with Crippen LogP contribution in [0.5, 0.6) is 0 Å². The van der Waals surface area contributed by atoms with Crippen molar-refractivity contribution in [1.82, 2.24) is 0 Å². The molecule has 5 heteroatoms. The maximum Gasteiger partial charge on any atom is 0.385 e. The van der Waals surface area contributed by atoms with Crippen molar-refractivity contribution in [3.05, 3.63) is 0 Å². The number of hydrogen-bond acceptors (Lipinski definition) is 3. The quantitative estimate of drug-likeness (QED) is 0.677. The van der Waals surface area contributed by atoms with E-state index < -0.39 is 16.9 Å². The van der Waals surface area contributed by atoms with E-state index in [4.69, 9.17) is 8.54 Å². The predicted molar refractivity (Wildman–Crippen MR) is 67.5 cm³/mol. The normalized spacial score (nSPS) is 12.7. The van der Waals surface area contributed by atoms with Crippen molar-refractivity contribution < 1.29 is 13.3 Å². The summed E-state index contributed by atoms with van der Waals surface area (Å²) < 4.78 is 11.5. The Morgan fingerprint density at radius 3 is 1.73 bits per heavy atom. The summed E-state index contributed by atoms with van der Waals surface area (Å²) in [6.07, 6.45) is 0. The minimum Gasteiger partial charge on any atom is -0.495 e. The van der Waals surface area contributed by atoms with Crippen molar-refractivity contribution in [3.8, 4) is 0 Å². The summed E-state index contributed by atoms with van der Waals surface area (Å²) in [6, 6.07) is 3.28. The SMILES string of the molecule is CC[Si](CC)(CC)O[Si](C)(C)OC(C)=O. The van der Waals surface area contributed by atoms with Crippen molar-refractivity contribution in [1.29, 1.82) is 0 Å². The zero-order valence-corrected chi connectivity index (χ0v) is 12.8. The topological polar surface area (TPSA) is 35.5 Å². The lowest BCUT2D eigenvalue weighted by Gasteiger charge is -2.35. The molecule has 3 nitrogen and oxygen atoms in total. The largest absolute Gasteiger partial charge is 0.495 e. The zero-order valence-electron chi connectivity index (χ0n) is 10.8. The van der Waals surface area contributed by atoms with Crippen LogP contribution in [0.4, 0.5) is 0 Å². The molecule has 0 aromatic carbocycles. The van der Waals surface area contributed by atoms with Crippen molar-refractivity contribution in [2.45, 2.75) is 58.9 Å². The highest BCUT2D eigenvalue weighted by molar-refractivity contribution is 6.84. The summed E-state index contributed by atoms with van der Waals surface area (Å²) in [5.41, 5.74) is 0. The van der Waals surface area contributed by atoms with Gasteiger partial charge in [0.2, 0.25) is 0 Å². The summed E-state index contributed by atoms with van der Waals surface area (Å²) in [5, 5.41) is 0. The van der Waals surface area contributed by atoms with E-state index in [1.165, 1.54) is 6.92 Å². The third kappa shape index (κ3) is 4.95. The molecule has 0 spiro atoms. The third-order valence-corrected chi connectivity index (χ3v) is 11.1. The van der Waals surface area contributed by atoms with Crippen molar-refractivity contribution in [2.75, 3.05) is 0 Å². The number of carbonyl (C=O) groups excluding carboxylic acids is 1. The summed E-state index contributed by atoms with van der Waals surface area (Å²) in [6.45, 7) is 11.9. The smallest absolute Gasteiger partial charge is 0.385 e. The van der Waals surface area contributed by atoms with Crippen LogP contribution in [0, 0.1) is 0 Å². The minimum absolute atomic E-state index is 0.224. The third-order valence-electron chi connectivity index (χ3n) is 2.78. The van der Waals surface area contributed by atoms with Gasteiger partial charge in [0.05, 0.1) is 0 Å². The van der Waals surface area contributed by atoms with E-state index >= 15 is 0 Å². The van der Waals surface area contributed by atoms with E-state index in [1.807, 2.05) is 13.1 Å². The average molecular weight is 248 g/mol. The molecule has 15 heavy (non-hydrogen) atoms. The number of hydrogen-bond donors (Lipinski definition) is 0. The van der Waals surface area contributed by atoms with Crippen LogP contribution in [0.3, 0.4) is 0 Å². The first-order valence-corrected chi connectivity index (χ1v) is 11.0. The molecule has 0 fully saturated rings. The Hall–Kier alpha value is -0.136. The minimum atomic E-state index is -2.25. The van der Waals surface area contributed by atoms with E-state index in [0.717, 1.165) is 18.1 Å². The van der Waals surface area contributed by atoms with Gasteiger partial charge in [0.15, 0.2) is 8.32 Å². The molecule has 0 aliphatic carbocycles. The molecule has 0 saturated heterocycles. The van der Waals surface area contributed by atoms with Gasteiger partial charge in [-0.05, 0) is 31.2 Å². The monoisotopic (exact) mass is 248 g/mol. The first kappa shape index (κ1) is 14.9. The fourth-order valence-electron chi connectivity index (χ4n) is 1.85. The predicted octanol–water partition coefficient (Wildman–Crippen LogP) is 3.27. The zero-order chi connectivity index (χ0) is 12.1. The highest BCUT2D eigenvalue weighted by Crippen LogP contribution is 2.26. The Morgan fingerprint density at radius 1 is 1.07 bits per heavy atom. The van der Waals surface area contributed by atoms with Crippen molar-refractivity contribution in [2.24, 2.45) is 0 Å². The van der Waals surface area contributed by atoms with Crippen LogP contribution in [0.1, 0.15) is 27.7 Å². The van der Waals surface area contributed by atoms with Gasteiger partial charge in [-0.25, -0.2) is 0 Å². The molecule has 90 valence electrons. The fraction of sp³-hybridized carbons (Fsp3) is 0.900. The lowest BCUT2D eigenvalue weighted by Crippen LogP contribution is -2.49. The highest BCUT2D eigenvalue weighted by Gasteiger charge is 2.39. The standard InChI is InChI=1S/C10H24O3Si2/c1-7-15(8-2,9-3)13-14(5,6)12-10(4)11/h7-9H2,1-6H3. The molecule has 0 atom stereocenters. The van der Waals surface area contributed by atoms with Crippen LogP contribution in [-0.4, -0.2) is 22.8 Å². The second-order valence-electron chi connectivity index (χ2n) is 4.34. The second-order valence-corrected chi connectivity index (χ2v) is 12.6. The summed E-state index contributed by atoms with van der Waals surface area (Å²) in [5.74, 6) is -0.224. The van der Waals surface area contributed by atoms with E-state index in [2.05, 4.69) is 20.8 Å². The molecule has 0 aromatic heterocycles. The van der Waals surface area contributed by atoms with E-state index in [1.54, 1.807) is 0 Å². The fourth-order valence-corrected chi connectivity index (χ4v) is 10.1. The van der Waals surface area contributed by atoms with Gasteiger partial charge in [0.25, 0.3) is 5.97 Å². The molecule has 0 aliphatic heterocycles. The number of carbonyl (C=O) groups is 1. The molecular formula is C10H24O3Si2. The second kappa shape index (κ2) is 5.81. The van der Waals surface area contributed by atoms with Crippen molar-refractivity contribution in [3.63, 3.8) is 0 Å². The molecule has 0 bridgehead atoms. The highest BCUT2D eigenvalue weighted by atomic mass is 28.4. The summed E-state index contributed by atoms with van der Waals surface area (Å²) in [7, 11) is -3.89. The first-order chi connectivity index (χ1) is 6.81. The van der Waals surface area contributed by atoms with Gasteiger partial charge >= 0.3 is 8.56 Å². The Balaban J connectivity index is 4.57. The van der Waals surface area contributed by atoms with E-state index in [-0.39, 0.29) is 5.97 Å². The van der Waals surface area contributed by atoms with Gasteiger partial charge in [0, 0.05) is 6.92 Å². The van der Waals surface area contributed by atoms with Gasteiger partial charge in [-0.15, -0.1) is 0 Å². The van der Waals surface area contributed by atoms with Gasteiger partial charge in [-0.2, -0.15) is 0 Å². The molecule has 0 N–H and O–H groups in total. The molecule has 0 aromatic rings.